The van der Waals surface area contributed by atoms with Gasteiger partial charge in [0.2, 0.25) is 5.91 Å². The molecule has 0 saturated heterocycles. The van der Waals surface area contributed by atoms with Gasteiger partial charge in [0.25, 0.3) is 0 Å². The van der Waals surface area contributed by atoms with Crippen molar-refractivity contribution in [1.29, 1.82) is 0 Å². The number of carbonyl (C=O) groups excluding carboxylic acids is 1. The van der Waals surface area contributed by atoms with E-state index in [1.165, 1.54) is 11.1 Å². The van der Waals surface area contributed by atoms with Crippen molar-refractivity contribution in [1.82, 2.24) is 5.32 Å². The number of carbonyl (C=O) groups is 1. The van der Waals surface area contributed by atoms with Crippen LogP contribution in [0.5, 0.6) is 0 Å². The summed E-state index contributed by atoms with van der Waals surface area (Å²) in [7, 11) is 1.68. The Balaban J connectivity index is 1.78. The molecule has 0 heterocycles. The van der Waals surface area contributed by atoms with Crippen LogP contribution in [-0.2, 0) is 29.1 Å². The standard InChI is InChI=1S/C21H27NO2/c1-16(2)20-10-7-17(8-11-20)9-12-21(23)22-14-18-5-4-6-19(13-18)15-24-3/h4-8,10-11,13,16H,9,12,14-15H2,1-3H3,(H,22,23). The van der Waals surface area contributed by atoms with Gasteiger partial charge >= 0.3 is 0 Å². The highest BCUT2D eigenvalue weighted by Gasteiger charge is 2.04. The van der Waals surface area contributed by atoms with Gasteiger partial charge in [0.15, 0.2) is 0 Å². The number of rotatable bonds is 8. The van der Waals surface area contributed by atoms with E-state index in [1.54, 1.807) is 7.11 Å². The maximum atomic E-state index is 12.0. The van der Waals surface area contributed by atoms with E-state index in [9.17, 15) is 4.79 Å². The van der Waals surface area contributed by atoms with Crippen LogP contribution < -0.4 is 5.32 Å². The second-order valence-electron chi connectivity index (χ2n) is 6.43. The molecular weight excluding hydrogens is 298 g/mol. The van der Waals surface area contributed by atoms with Crippen molar-refractivity contribution in [3.05, 3.63) is 70.8 Å². The van der Waals surface area contributed by atoms with Crippen LogP contribution in [0, 0.1) is 0 Å². The van der Waals surface area contributed by atoms with Gasteiger partial charge in [-0.25, -0.2) is 0 Å². The monoisotopic (exact) mass is 325 g/mol. The third-order valence-corrected chi connectivity index (χ3v) is 4.08. The predicted molar refractivity (Wildman–Crippen MR) is 97.9 cm³/mol. The Labute approximate surface area is 145 Å². The predicted octanol–water partition coefficient (Wildman–Crippen LogP) is 4.21. The van der Waals surface area contributed by atoms with E-state index in [4.69, 9.17) is 4.74 Å². The smallest absolute Gasteiger partial charge is 0.220 e. The van der Waals surface area contributed by atoms with Gasteiger partial charge in [-0.3, -0.25) is 4.79 Å². The number of hydrogen-bond acceptors (Lipinski definition) is 2. The van der Waals surface area contributed by atoms with Crippen LogP contribution in [0.25, 0.3) is 0 Å². The summed E-state index contributed by atoms with van der Waals surface area (Å²) < 4.78 is 5.13. The summed E-state index contributed by atoms with van der Waals surface area (Å²) in [4.78, 5) is 12.0. The summed E-state index contributed by atoms with van der Waals surface area (Å²) in [6.45, 7) is 5.52. The summed E-state index contributed by atoms with van der Waals surface area (Å²) >= 11 is 0. The second-order valence-corrected chi connectivity index (χ2v) is 6.43. The van der Waals surface area contributed by atoms with E-state index < -0.39 is 0 Å². The molecule has 1 N–H and O–H groups in total. The zero-order valence-corrected chi connectivity index (χ0v) is 14.8. The number of hydrogen-bond donors (Lipinski definition) is 1. The van der Waals surface area contributed by atoms with Crippen molar-refractivity contribution in [2.24, 2.45) is 0 Å². The van der Waals surface area contributed by atoms with Gasteiger partial charge in [0, 0.05) is 20.1 Å². The van der Waals surface area contributed by atoms with Gasteiger partial charge in [-0.05, 0) is 34.6 Å². The molecule has 0 aliphatic rings. The molecule has 0 aliphatic carbocycles. The van der Waals surface area contributed by atoms with Crippen molar-refractivity contribution in [3.63, 3.8) is 0 Å². The Morgan fingerprint density at radius 3 is 2.42 bits per heavy atom. The molecule has 2 aromatic rings. The maximum Gasteiger partial charge on any atom is 0.220 e. The summed E-state index contributed by atoms with van der Waals surface area (Å²) in [6, 6.07) is 16.6. The Morgan fingerprint density at radius 2 is 1.75 bits per heavy atom. The summed E-state index contributed by atoms with van der Waals surface area (Å²) in [5.74, 6) is 0.622. The lowest BCUT2D eigenvalue weighted by Crippen LogP contribution is -2.23. The SMILES string of the molecule is COCc1cccc(CNC(=O)CCc2ccc(C(C)C)cc2)c1. The number of methoxy groups -OCH3 is 1. The molecule has 0 aromatic heterocycles. The second kappa shape index (κ2) is 9.24. The van der Waals surface area contributed by atoms with E-state index in [0.29, 0.717) is 25.5 Å². The molecule has 0 spiro atoms. The molecular formula is C21H27NO2. The van der Waals surface area contributed by atoms with Crippen LogP contribution in [-0.4, -0.2) is 13.0 Å². The molecule has 0 fully saturated rings. The molecule has 3 heteroatoms. The number of amides is 1. The van der Waals surface area contributed by atoms with E-state index in [1.807, 2.05) is 18.2 Å². The summed E-state index contributed by atoms with van der Waals surface area (Å²) in [5.41, 5.74) is 4.75. The molecule has 0 unspecified atom stereocenters. The highest BCUT2D eigenvalue weighted by atomic mass is 16.5. The number of aryl methyl sites for hydroxylation is 1. The van der Waals surface area contributed by atoms with Crippen molar-refractivity contribution >= 4 is 5.91 Å². The van der Waals surface area contributed by atoms with Crippen LogP contribution in [0.4, 0.5) is 0 Å². The molecule has 0 saturated carbocycles. The van der Waals surface area contributed by atoms with E-state index in [-0.39, 0.29) is 5.91 Å². The van der Waals surface area contributed by atoms with Crippen LogP contribution >= 0.6 is 0 Å². The molecule has 1 amide bonds. The summed E-state index contributed by atoms with van der Waals surface area (Å²) in [6.07, 6.45) is 1.28. The molecule has 128 valence electrons. The molecule has 0 bridgehead atoms. The van der Waals surface area contributed by atoms with Crippen LogP contribution in [0.1, 0.15) is 48.4 Å². The van der Waals surface area contributed by atoms with Crippen molar-refractivity contribution < 1.29 is 9.53 Å². The quantitative estimate of drug-likeness (QED) is 0.790. The third kappa shape index (κ3) is 5.82. The fourth-order valence-corrected chi connectivity index (χ4v) is 2.61. The normalized spacial score (nSPS) is 10.8. The van der Waals surface area contributed by atoms with Gasteiger partial charge in [0.1, 0.15) is 0 Å². The fourth-order valence-electron chi connectivity index (χ4n) is 2.61. The van der Waals surface area contributed by atoms with Crippen LogP contribution in [0.2, 0.25) is 0 Å². The highest BCUT2D eigenvalue weighted by Crippen LogP contribution is 2.15. The van der Waals surface area contributed by atoms with Gasteiger partial charge in [-0.1, -0.05) is 62.4 Å². The van der Waals surface area contributed by atoms with Gasteiger partial charge in [-0.2, -0.15) is 0 Å². The molecule has 3 nitrogen and oxygen atoms in total. The maximum absolute atomic E-state index is 12.0. The first-order chi connectivity index (χ1) is 11.6. The number of nitrogens with one attached hydrogen (secondary N) is 1. The Morgan fingerprint density at radius 1 is 1.04 bits per heavy atom. The van der Waals surface area contributed by atoms with E-state index in [0.717, 1.165) is 17.5 Å². The molecule has 0 radical (unpaired) electrons. The highest BCUT2D eigenvalue weighted by molar-refractivity contribution is 5.76. The van der Waals surface area contributed by atoms with Crippen LogP contribution in [0.15, 0.2) is 48.5 Å². The number of benzene rings is 2. The molecule has 2 rings (SSSR count). The van der Waals surface area contributed by atoms with Gasteiger partial charge < -0.3 is 10.1 Å². The first-order valence-electron chi connectivity index (χ1n) is 8.50. The van der Waals surface area contributed by atoms with Gasteiger partial charge in [-0.15, -0.1) is 0 Å². The van der Waals surface area contributed by atoms with E-state index in [2.05, 4.69) is 49.5 Å². The minimum absolute atomic E-state index is 0.0834. The average Bonchev–Trinajstić information content (AvgIpc) is 2.59. The van der Waals surface area contributed by atoms with Gasteiger partial charge in [0.05, 0.1) is 6.61 Å². The average molecular weight is 325 g/mol. The van der Waals surface area contributed by atoms with E-state index >= 15 is 0 Å². The molecule has 2 aromatic carbocycles. The van der Waals surface area contributed by atoms with Crippen LogP contribution in [0.3, 0.4) is 0 Å². The first-order valence-corrected chi connectivity index (χ1v) is 8.50. The molecule has 0 aliphatic heterocycles. The Bertz CT molecular complexity index is 647. The van der Waals surface area contributed by atoms with Crippen molar-refractivity contribution in [2.75, 3.05) is 7.11 Å². The zero-order chi connectivity index (χ0) is 17.4. The molecule has 0 atom stereocenters. The zero-order valence-electron chi connectivity index (χ0n) is 14.8. The lowest BCUT2D eigenvalue weighted by molar-refractivity contribution is -0.121. The Hall–Kier alpha value is -2.13. The first kappa shape index (κ1) is 18.2. The Kier molecular flexibility index (Phi) is 7.01. The topological polar surface area (TPSA) is 38.3 Å². The lowest BCUT2D eigenvalue weighted by atomic mass is 10.0. The third-order valence-electron chi connectivity index (χ3n) is 4.08. The fraction of sp³-hybridized carbons (Fsp3) is 0.381. The largest absolute Gasteiger partial charge is 0.380 e. The lowest BCUT2D eigenvalue weighted by Gasteiger charge is -2.08. The number of ether oxygens (including phenoxy) is 1. The summed E-state index contributed by atoms with van der Waals surface area (Å²) in [5, 5.41) is 2.99. The van der Waals surface area contributed by atoms with Crippen molar-refractivity contribution in [3.8, 4) is 0 Å². The van der Waals surface area contributed by atoms with Crippen molar-refractivity contribution in [2.45, 2.75) is 45.8 Å². The minimum Gasteiger partial charge on any atom is -0.380 e. The minimum atomic E-state index is 0.0834. The molecule has 24 heavy (non-hydrogen) atoms.